The molecule has 3 N–H and O–H groups in total. The topological polar surface area (TPSA) is 81.6 Å². The number of nitrogens with one attached hydrogen (secondary N) is 1. The van der Waals surface area contributed by atoms with Crippen LogP contribution < -0.4 is 11.3 Å². The number of aromatic nitrogens is 4. The fourth-order valence-corrected chi connectivity index (χ4v) is 1.87. The van der Waals surface area contributed by atoms with Crippen molar-refractivity contribution in [2.75, 3.05) is 5.43 Å². The molecule has 0 amide bonds. The van der Waals surface area contributed by atoms with Crippen molar-refractivity contribution in [3.63, 3.8) is 0 Å². The number of hydrogen-bond acceptors (Lipinski definition) is 5. The van der Waals surface area contributed by atoms with Gasteiger partial charge in [0.15, 0.2) is 0 Å². The minimum absolute atomic E-state index is 0.383. The lowest BCUT2D eigenvalue weighted by Gasteiger charge is -2.08. The Morgan fingerprint density at radius 2 is 2.06 bits per heavy atom. The minimum atomic E-state index is 0.383. The number of rotatable bonds is 2. The van der Waals surface area contributed by atoms with Crippen LogP contribution in [0.3, 0.4) is 0 Å². The van der Waals surface area contributed by atoms with Gasteiger partial charge in [-0.05, 0) is 19.1 Å². The van der Waals surface area contributed by atoms with Gasteiger partial charge in [0.05, 0.1) is 11.0 Å². The van der Waals surface area contributed by atoms with E-state index in [1.807, 2.05) is 35.8 Å². The molecule has 0 aliphatic carbocycles. The van der Waals surface area contributed by atoms with Gasteiger partial charge in [-0.1, -0.05) is 12.1 Å². The maximum absolute atomic E-state index is 5.33. The molecule has 6 nitrogen and oxygen atoms in total. The SMILES string of the molecule is Cc1cnc(NN)nc1-n1cnc2ccccc21. The van der Waals surface area contributed by atoms with Crippen molar-refractivity contribution in [1.82, 2.24) is 19.5 Å². The maximum atomic E-state index is 5.33. The van der Waals surface area contributed by atoms with Gasteiger partial charge in [0, 0.05) is 11.8 Å². The summed E-state index contributed by atoms with van der Waals surface area (Å²) in [7, 11) is 0. The first-order valence-corrected chi connectivity index (χ1v) is 5.52. The largest absolute Gasteiger partial charge is 0.292 e. The molecule has 2 heterocycles. The van der Waals surface area contributed by atoms with E-state index in [1.54, 1.807) is 12.5 Å². The third-order valence-electron chi connectivity index (χ3n) is 2.76. The van der Waals surface area contributed by atoms with E-state index in [0.717, 1.165) is 22.4 Å². The van der Waals surface area contributed by atoms with Gasteiger partial charge in [-0.15, -0.1) is 0 Å². The van der Waals surface area contributed by atoms with E-state index in [2.05, 4.69) is 20.4 Å². The number of hydrazine groups is 1. The van der Waals surface area contributed by atoms with Gasteiger partial charge in [-0.2, -0.15) is 4.98 Å². The second kappa shape index (κ2) is 4.08. The first kappa shape index (κ1) is 10.7. The average molecular weight is 240 g/mol. The predicted octanol–water partition coefficient (Wildman–Crippen LogP) is 1.41. The van der Waals surface area contributed by atoms with Crippen LogP contribution in [0.15, 0.2) is 36.8 Å². The molecule has 0 aliphatic rings. The zero-order valence-corrected chi connectivity index (χ0v) is 9.83. The van der Waals surface area contributed by atoms with Gasteiger partial charge in [0.2, 0.25) is 5.95 Å². The van der Waals surface area contributed by atoms with E-state index in [4.69, 9.17) is 5.84 Å². The number of imidazole rings is 1. The Kier molecular flexibility index (Phi) is 2.42. The predicted molar refractivity (Wildman–Crippen MR) is 69.2 cm³/mol. The van der Waals surface area contributed by atoms with Gasteiger partial charge in [-0.3, -0.25) is 9.99 Å². The van der Waals surface area contributed by atoms with Gasteiger partial charge < -0.3 is 0 Å². The molecule has 1 aromatic carbocycles. The van der Waals surface area contributed by atoms with Crippen molar-refractivity contribution in [2.45, 2.75) is 6.92 Å². The molecule has 2 aromatic heterocycles. The van der Waals surface area contributed by atoms with Crippen molar-refractivity contribution in [2.24, 2.45) is 5.84 Å². The van der Waals surface area contributed by atoms with Crippen LogP contribution in [0.1, 0.15) is 5.56 Å². The Hall–Kier alpha value is -2.47. The molecule has 0 atom stereocenters. The summed E-state index contributed by atoms with van der Waals surface area (Å²) in [5.41, 5.74) is 5.33. The molecule has 0 saturated heterocycles. The number of hydrogen-bond donors (Lipinski definition) is 2. The minimum Gasteiger partial charge on any atom is -0.292 e. The van der Waals surface area contributed by atoms with Crippen LogP contribution in [0.5, 0.6) is 0 Å². The van der Waals surface area contributed by atoms with E-state index in [9.17, 15) is 0 Å². The number of aryl methyl sites for hydroxylation is 1. The first-order chi connectivity index (χ1) is 8.79. The Morgan fingerprint density at radius 3 is 2.89 bits per heavy atom. The van der Waals surface area contributed by atoms with Gasteiger partial charge in [0.25, 0.3) is 0 Å². The molecule has 3 rings (SSSR count). The first-order valence-electron chi connectivity index (χ1n) is 5.52. The van der Waals surface area contributed by atoms with E-state index in [1.165, 1.54) is 0 Å². The number of nitrogens with two attached hydrogens (primary N) is 1. The molecule has 0 saturated carbocycles. The van der Waals surface area contributed by atoms with Gasteiger partial charge >= 0.3 is 0 Å². The standard InChI is InChI=1S/C12H12N6/c1-8-6-14-12(17-13)16-11(8)18-7-15-9-4-2-3-5-10(9)18/h2-7H,13H2,1H3,(H,14,16,17). The van der Waals surface area contributed by atoms with Gasteiger partial charge in [0.1, 0.15) is 12.1 Å². The van der Waals surface area contributed by atoms with Crippen LogP contribution >= 0.6 is 0 Å². The zero-order valence-electron chi connectivity index (χ0n) is 9.83. The number of nitrogen functional groups attached to an aromatic ring is 1. The van der Waals surface area contributed by atoms with Crippen LogP contribution in [0.25, 0.3) is 16.9 Å². The highest BCUT2D eigenvalue weighted by atomic mass is 15.3. The molecule has 3 aromatic rings. The van der Waals surface area contributed by atoms with E-state index >= 15 is 0 Å². The molecule has 0 fully saturated rings. The summed E-state index contributed by atoms with van der Waals surface area (Å²) in [6.07, 6.45) is 3.48. The molecule has 18 heavy (non-hydrogen) atoms. The quantitative estimate of drug-likeness (QED) is 0.523. The lowest BCUT2D eigenvalue weighted by atomic mass is 10.3. The Balaban J connectivity index is 2.25. The second-order valence-corrected chi connectivity index (χ2v) is 3.95. The molecule has 0 radical (unpaired) electrons. The Morgan fingerprint density at radius 1 is 1.22 bits per heavy atom. The van der Waals surface area contributed by atoms with Crippen LogP contribution in [-0.4, -0.2) is 19.5 Å². The highest BCUT2D eigenvalue weighted by molar-refractivity contribution is 5.77. The number of benzene rings is 1. The molecule has 90 valence electrons. The molecule has 0 spiro atoms. The molecule has 0 bridgehead atoms. The Bertz CT molecular complexity index is 703. The van der Waals surface area contributed by atoms with Crippen molar-refractivity contribution in [1.29, 1.82) is 0 Å². The van der Waals surface area contributed by atoms with E-state index < -0.39 is 0 Å². The number of nitrogens with zero attached hydrogens (tertiary/aromatic N) is 4. The Labute approximate surface area is 103 Å². The lowest BCUT2D eigenvalue weighted by molar-refractivity contribution is 0.968. The lowest BCUT2D eigenvalue weighted by Crippen LogP contribution is -2.12. The third kappa shape index (κ3) is 1.59. The zero-order chi connectivity index (χ0) is 12.5. The van der Waals surface area contributed by atoms with E-state index in [-0.39, 0.29) is 0 Å². The van der Waals surface area contributed by atoms with Crippen LogP contribution in [0, 0.1) is 6.92 Å². The van der Waals surface area contributed by atoms with Crippen molar-refractivity contribution >= 4 is 17.0 Å². The van der Waals surface area contributed by atoms with Gasteiger partial charge in [-0.25, -0.2) is 15.8 Å². The average Bonchev–Trinajstić information content (AvgIpc) is 2.83. The molecule has 0 aliphatic heterocycles. The highest BCUT2D eigenvalue weighted by Gasteiger charge is 2.09. The summed E-state index contributed by atoms with van der Waals surface area (Å²) in [5.74, 6) is 6.49. The summed E-state index contributed by atoms with van der Waals surface area (Å²) >= 11 is 0. The van der Waals surface area contributed by atoms with Crippen LogP contribution in [0.4, 0.5) is 5.95 Å². The maximum Gasteiger partial charge on any atom is 0.239 e. The highest BCUT2D eigenvalue weighted by Crippen LogP contribution is 2.19. The monoisotopic (exact) mass is 240 g/mol. The third-order valence-corrected chi connectivity index (χ3v) is 2.76. The molecular weight excluding hydrogens is 228 g/mol. The summed E-state index contributed by atoms with van der Waals surface area (Å²) < 4.78 is 1.92. The summed E-state index contributed by atoms with van der Waals surface area (Å²) in [6.45, 7) is 1.95. The molecular formula is C12H12N6. The fraction of sp³-hybridized carbons (Fsp3) is 0.0833. The normalized spacial score (nSPS) is 10.8. The van der Waals surface area contributed by atoms with Crippen LogP contribution in [-0.2, 0) is 0 Å². The summed E-state index contributed by atoms with van der Waals surface area (Å²) in [5, 5.41) is 0. The second-order valence-electron chi connectivity index (χ2n) is 3.95. The molecule has 6 heteroatoms. The number of para-hydroxylation sites is 2. The van der Waals surface area contributed by atoms with Crippen molar-refractivity contribution in [3.8, 4) is 5.82 Å². The van der Waals surface area contributed by atoms with Crippen LogP contribution in [0.2, 0.25) is 0 Å². The summed E-state index contributed by atoms with van der Waals surface area (Å²) in [6, 6.07) is 7.89. The fourth-order valence-electron chi connectivity index (χ4n) is 1.87. The number of anilines is 1. The smallest absolute Gasteiger partial charge is 0.239 e. The molecule has 0 unspecified atom stereocenters. The number of fused-ring (bicyclic) bond motifs is 1. The summed E-state index contributed by atoms with van der Waals surface area (Å²) in [4.78, 5) is 12.8. The van der Waals surface area contributed by atoms with Crippen molar-refractivity contribution < 1.29 is 0 Å². The van der Waals surface area contributed by atoms with E-state index in [0.29, 0.717) is 5.95 Å². The van der Waals surface area contributed by atoms with Crippen molar-refractivity contribution in [3.05, 3.63) is 42.4 Å².